The van der Waals surface area contributed by atoms with Gasteiger partial charge in [-0.15, -0.1) is 22.7 Å². The van der Waals surface area contributed by atoms with Gasteiger partial charge in [-0.3, -0.25) is 14.4 Å². The zero-order valence-electron chi connectivity index (χ0n) is 41.4. The van der Waals surface area contributed by atoms with Crippen molar-refractivity contribution in [3.8, 4) is 10.7 Å². The van der Waals surface area contributed by atoms with Crippen LogP contribution in [-0.4, -0.2) is 195 Å². The number of aliphatic hydroxyl groups is 6. The monoisotopic (exact) mass is 1070 g/mol. The summed E-state index contributed by atoms with van der Waals surface area (Å²) in [5, 5.41) is 73.4. The number of ether oxygens (including phenoxy) is 6. The Morgan fingerprint density at radius 1 is 0.658 bits per heavy atom. The predicted molar refractivity (Wildman–Crippen MR) is 266 cm³/mol. The highest BCUT2D eigenvalue weighted by Crippen LogP contribution is 2.37. The third-order valence-electron chi connectivity index (χ3n) is 14.1. The molecule has 4 aliphatic rings. The molecule has 414 valence electrons. The highest BCUT2D eigenvalue weighted by Gasteiger charge is 2.54. The fourth-order valence-electron chi connectivity index (χ4n) is 9.59. The molecule has 19 N–H and O–H groups in total. The highest BCUT2D eigenvalue weighted by atomic mass is 32.1. The van der Waals surface area contributed by atoms with Gasteiger partial charge in [-0.05, 0) is 38.1 Å². The average Bonchev–Trinajstić information content (AvgIpc) is 4.13. The molecule has 0 aromatic carbocycles. The lowest BCUT2D eigenvalue weighted by atomic mass is 9.80. The number of ketones is 2. The number of Topliss-reactive ketones (excluding diaryl/α,β-unsaturated/α-hetero) is 2. The van der Waals surface area contributed by atoms with Crippen LogP contribution < -0.4 is 39.7 Å². The SMILES string of the molecule is CC1CC(N)C(OC2OC(CN)C(O)C(O)C2N)C(OC2OC(CCC(=O)CCC(=O)NCCc3nc(-c4nc(C(=O)CCCCCCCCCN)cs4)cs3)C(OC3OC(CN)C(O)C(O)C3N)C2O)C1O. The van der Waals surface area contributed by atoms with Crippen LogP contribution in [0.5, 0.6) is 0 Å². The number of nitrogens with one attached hydrogen (secondary N) is 1. The number of aliphatic hydroxyl groups excluding tert-OH is 6. The first kappa shape index (κ1) is 59.6. The molecular formula is C47H79N9O15S2. The van der Waals surface area contributed by atoms with Crippen molar-refractivity contribution in [2.24, 2.45) is 40.3 Å². The minimum atomic E-state index is -1.64. The number of carbonyl (C=O) groups excluding carboxylic acids is 3. The number of hydrogen-bond donors (Lipinski definition) is 13. The number of nitrogens with zero attached hydrogens (tertiary/aromatic N) is 2. The molecule has 0 spiro atoms. The Kier molecular flexibility index (Phi) is 23.4. The Morgan fingerprint density at radius 3 is 1.88 bits per heavy atom. The number of amides is 1. The van der Waals surface area contributed by atoms with Gasteiger partial charge in [0.15, 0.2) is 24.7 Å². The first-order valence-electron chi connectivity index (χ1n) is 25.6. The summed E-state index contributed by atoms with van der Waals surface area (Å²) < 4.78 is 36.5. The lowest BCUT2D eigenvalue weighted by molar-refractivity contribution is -0.309. The van der Waals surface area contributed by atoms with Crippen LogP contribution in [0.15, 0.2) is 10.8 Å². The number of unbranched alkanes of at least 4 members (excludes halogenated alkanes) is 6. The van der Waals surface area contributed by atoms with Crippen molar-refractivity contribution in [1.29, 1.82) is 0 Å². The summed E-state index contributed by atoms with van der Waals surface area (Å²) in [7, 11) is 0. The van der Waals surface area contributed by atoms with E-state index in [4.69, 9.17) is 62.8 Å². The lowest BCUT2D eigenvalue weighted by Crippen LogP contribution is -2.66. The van der Waals surface area contributed by atoms with Crippen LogP contribution in [-0.2, 0) is 44.4 Å². The molecule has 3 saturated heterocycles. The molecule has 24 nitrogen and oxygen atoms in total. The number of aromatic nitrogens is 2. The van der Waals surface area contributed by atoms with Gasteiger partial charge < -0.3 is 98.8 Å². The molecule has 0 radical (unpaired) electrons. The molecule has 1 saturated carbocycles. The average molecular weight is 1070 g/mol. The third kappa shape index (κ3) is 15.7. The van der Waals surface area contributed by atoms with E-state index < -0.39 is 116 Å². The van der Waals surface area contributed by atoms with Gasteiger partial charge in [0, 0.05) is 68.5 Å². The number of hydrogen-bond acceptors (Lipinski definition) is 25. The van der Waals surface area contributed by atoms with Crippen LogP contribution in [0, 0.1) is 5.92 Å². The molecule has 2 aromatic heterocycles. The molecule has 5 heterocycles. The van der Waals surface area contributed by atoms with E-state index in [2.05, 4.69) is 15.3 Å². The van der Waals surface area contributed by atoms with Crippen molar-refractivity contribution in [3.63, 3.8) is 0 Å². The molecule has 0 bridgehead atoms. The van der Waals surface area contributed by atoms with E-state index in [0.29, 0.717) is 29.2 Å². The fraction of sp³-hybridized carbons (Fsp3) is 0.809. The molecule has 19 atom stereocenters. The van der Waals surface area contributed by atoms with Crippen molar-refractivity contribution in [3.05, 3.63) is 21.5 Å². The van der Waals surface area contributed by atoms with E-state index in [-0.39, 0.29) is 69.2 Å². The lowest BCUT2D eigenvalue weighted by Gasteiger charge is -2.47. The Hall–Kier alpha value is -2.65. The van der Waals surface area contributed by atoms with Crippen LogP contribution >= 0.6 is 22.7 Å². The van der Waals surface area contributed by atoms with E-state index in [1.54, 1.807) is 12.3 Å². The van der Waals surface area contributed by atoms with Gasteiger partial charge in [-0.25, -0.2) is 9.97 Å². The normalized spacial score (nSPS) is 35.8. The van der Waals surface area contributed by atoms with E-state index in [0.717, 1.165) is 50.1 Å². The predicted octanol–water partition coefficient (Wildman–Crippen LogP) is -2.25. The quantitative estimate of drug-likeness (QED) is 0.0316. The molecule has 26 heteroatoms. The third-order valence-corrected chi connectivity index (χ3v) is 15.9. The van der Waals surface area contributed by atoms with Gasteiger partial charge in [-0.2, -0.15) is 0 Å². The number of rotatable bonds is 28. The van der Waals surface area contributed by atoms with Crippen LogP contribution in [0.4, 0.5) is 0 Å². The maximum atomic E-state index is 13.3. The zero-order valence-corrected chi connectivity index (χ0v) is 43.0. The Morgan fingerprint density at radius 2 is 1.25 bits per heavy atom. The molecule has 1 amide bonds. The smallest absolute Gasteiger partial charge is 0.220 e. The number of carbonyl (C=O) groups is 3. The van der Waals surface area contributed by atoms with Crippen LogP contribution in [0.2, 0.25) is 0 Å². The molecule has 19 unspecified atom stereocenters. The van der Waals surface area contributed by atoms with Crippen LogP contribution in [0.25, 0.3) is 10.7 Å². The molecule has 2 aromatic rings. The van der Waals surface area contributed by atoms with Crippen molar-refractivity contribution in [2.75, 3.05) is 26.2 Å². The minimum Gasteiger partial charge on any atom is -0.390 e. The van der Waals surface area contributed by atoms with Gasteiger partial charge >= 0.3 is 0 Å². The summed E-state index contributed by atoms with van der Waals surface area (Å²) in [4.78, 5) is 48.1. The Balaban J connectivity index is 1.01. The summed E-state index contributed by atoms with van der Waals surface area (Å²) in [5.41, 5.74) is 37.2. The Bertz CT molecular complexity index is 2020. The molecule has 6 rings (SSSR count). The second-order valence-corrected chi connectivity index (χ2v) is 21.5. The number of nitrogens with two attached hydrogens (primary N) is 6. The molecule has 1 aliphatic carbocycles. The van der Waals surface area contributed by atoms with Gasteiger partial charge in [0.2, 0.25) is 5.91 Å². The van der Waals surface area contributed by atoms with Crippen molar-refractivity contribution >= 4 is 40.1 Å². The standard InChI is InChI=1S/C47H79N9O15S2/c1-22-17-24(51)41(69-45-33(52)38(63)36(61)29(18-49)67-45)43(35(22)60)71-47-40(65)42(70-46-34(53)39(64)37(62)30(19-50)68-46)28(66-47)12-10-23(57)11-13-31(59)54-16-14-32-55-26(21-72-32)44-56-25(20-73-44)27(58)9-7-5-3-2-4-6-8-15-48/h20-22,24,28-30,33-43,45-47,60-65H,2-19,48-53H2,1H3,(H,54,59). The summed E-state index contributed by atoms with van der Waals surface area (Å²) in [6.45, 7) is 2.36. The van der Waals surface area contributed by atoms with E-state index in [1.165, 1.54) is 29.1 Å². The molecule has 4 fully saturated rings. The summed E-state index contributed by atoms with van der Waals surface area (Å²) in [6.07, 6.45) is -11.8. The van der Waals surface area contributed by atoms with Crippen LogP contribution in [0.1, 0.15) is 106 Å². The first-order chi connectivity index (χ1) is 34.9. The van der Waals surface area contributed by atoms with Gasteiger partial charge in [-0.1, -0.05) is 39.0 Å². The molecular weight excluding hydrogens is 995 g/mol. The van der Waals surface area contributed by atoms with Crippen molar-refractivity contribution in [1.82, 2.24) is 15.3 Å². The first-order valence-corrected chi connectivity index (χ1v) is 27.3. The summed E-state index contributed by atoms with van der Waals surface area (Å²) in [5.74, 6) is -1.07. The van der Waals surface area contributed by atoms with Gasteiger partial charge in [0.05, 0.1) is 29.3 Å². The van der Waals surface area contributed by atoms with Gasteiger partial charge in [0.25, 0.3) is 0 Å². The van der Waals surface area contributed by atoms with E-state index in [9.17, 15) is 45.0 Å². The summed E-state index contributed by atoms with van der Waals surface area (Å²) >= 11 is 2.78. The maximum Gasteiger partial charge on any atom is 0.220 e. The zero-order chi connectivity index (χ0) is 52.9. The molecule has 3 aliphatic heterocycles. The van der Waals surface area contributed by atoms with Crippen molar-refractivity contribution < 1.29 is 73.4 Å². The minimum absolute atomic E-state index is 0.0219. The van der Waals surface area contributed by atoms with Crippen LogP contribution in [0.3, 0.4) is 0 Å². The maximum absolute atomic E-state index is 13.3. The van der Waals surface area contributed by atoms with E-state index >= 15 is 0 Å². The van der Waals surface area contributed by atoms with Gasteiger partial charge in [0.1, 0.15) is 83.2 Å². The Labute approximate surface area is 433 Å². The largest absolute Gasteiger partial charge is 0.390 e. The number of thiazole rings is 2. The van der Waals surface area contributed by atoms with Crippen molar-refractivity contribution in [2.45, 2.75) is 207 Å². The highest BCUT2D eigenvalue weighted by molar-refractivity contribution is 7.14. The summed E-state index contributed by atoms with van der Waals surface area (Å²) in [6, 6.07) is -3.35. The fourth-order valence-corrected chi connectivity index (χ4v) is 11.2. The molecule has 73 heavy (non-hydrogen) atoms. The second-order valence-electron chi connectivity index (χ2n) is 19.7. The topological polar surface area (TPSA) is 422 Å². The second kappa shape index (κ2) is 28.6. The van der Waals surface area contributed by atoms with E-state index in [1.807, 2.05) is 5.38 Å².